The quantitative estimate of drug-likeness (QED) is 0.930. The molecule has 7 heteroatoms. The Morgan fingerprint density at radius 3 is 3.12 bits per heavy atom. The summed E-state index contributed by atoms with van der Waals surface area (Å²) >= 11 is 6.86. The second-order valence-corrected chi connectivity index (χ2v) is 4.30. The molecule has 0 amide bonds. The van der Waals surface area contributed by atoms with Gasteiger partial charge in [-0.2, -0.15) is 0 Å². The Morgan fingerprint density at radius 1 is 1.53 bits per heavy atom. The molecule has 0 fully saturated rings. The lowest BCUT2D eigenvalue weighted by atomic mass is 10.3. The highest BCUT2D eigenvalue weighted by Crippen LogP contribution is 2.25. The SMILES string of the molecule is CNc1snnc1COc1cccc(Cl)c1F. The molecule has 1 aromatic heterocycles. The van der Waals surface area contributed by atoms with E-state index in [1.54, 1.807) is 13.1 Å². The van der Waals surface area contributed by atoms with Crippen LogP contribution in [-0.2, 0) is 6.61 Å². The van der Waals surface area contributed by atoms with E-state index in [1.165, 1.54) is 23.7 Å². The molecule has 1 N–H and O–H groups in total. The zero-order chi connectivity index (χ0) is 12.3. The van der Waals surface area contributed by atoms with Crippen molar-refractivity contribution in [3.05, 3.63) is 34.7 Å². The number of halogens is 2. The first-order chi connectivity index (χ1) is 8.22. The zero-order valence-corrected chi connectivity index (χ0v) is 10.5. The number of nitrogens with one attached hydrogen (secondary N) is 1. The van der Waals surface area contributed by atoms with Gasteiger partial charge in [-0.3, -0.25) is 0 Å². The van der Waals surface area contributed by atoms with E-state index in [0.29, 0.717) is 5.69 Å². The number of ether oxygens (including phenoxy) is 1. The van der Waals surface area contributed by atoms with Gasteiger partial charge in [-0.1, -0.05) is 22.2 Å². The van der Waals surface area contributed by atoms with Crippen molar-refractivity contribution in [1.29, 1.82) is 0 Å². The van der Waals surface area contributed by atoms with Crippen LogP contribution in [0.3, 0.4) is 0 Å². The highest BCUT2D eigenvalue weighted by Gasteiger charge is 2.10. The number of hydrogen-bond donors (Lipinski definition) is 1. The molecule has 2 rings (SSSR count). The lowest BCUT2D eigenvalue weighted by molar-refractivity contribution is 0.286. The van der Waals surface area contributed by atoms with Crippen LogP contribution in [0.2, 0.25) is 5.02 Å². The topological polar surface area (TPSA) is 47.0 Å². The fourth-order valence-corrected chi connectivity index (χ4v) is 1.92. The van der Waals surface area contributed by atoms with Crippen molar-refractivity contribution in [2.45, 2.75) is 6.61 Å². The van der Waals surface area contributed by atoms with Gasteiger partial charge >= 0.3 is 0 Å². The van der Waals surface area contributed by atoms with Crippen molar-refractivity contribution in [3.8, 4) is 5.75 Å². The van der Waals surface area contributed by atoms with Gasteiger partial charge in [0.25, 0.3) is 0 Å². The molecule has 0 aliphatic carbocycles. The van der Waals surface area contributed by atoms with E-state index >= 15 is 0 Å². The molecular weight excluding hydrogens is 265 g/mol. The summed E-state index contributed by atoms with van der Waals surface area (Å²) in [4.78, 5) is 0. The van der Waals surface area contributed by atoms with Crippen molar-refractivity contribution in [2.75, 3.05) is 12.4 Å². The van der Waals surface area contributed by atoms with E-state index in [1.807, 2.05) is 0 Å². The minimum Gasteiger partial charge on any atom is -0.484 e. The Labute approximate surface area is 107 Å². The van der Waals surface area contributed by atoms with Crippen LogP contribution in [0, 0.1) is 5.82 Å². The maximum atomic E-state index is 13.5. The van der Waals surface area contributed by atoms with Crippen LogP contribution < -0.4 is 10.1 Å². The molecule has 1 heterocycles. The molecule has 1 aromatic carbocycles. The molecule has 0 spiro atoms. The summed E-state index contributed by atoms with van der Waals surface area (Å²) in [6, 6.07) is 4.60. The summed E-state index contributed by atoms with van der Waals surface area (Å²) < 4.78 is 22.6. The summed E-state index contributed by atoms with van der Waals surface area (Å²) in [6.45, 7) is 0.143. The van der Waals surface area contributed by atoms with Crippen LogP contribution in [0.15, 0.2) is 18.2 Å². The first kappa shape index (κ1) is 12.1. The average molecular weight is 274 g/mol. The molecule has 0 bridgehead atoms. The monoisotopic (exact) mass is 273 g/mol. The molecular formula is C10H9ClFN3OS. The van der Waals surface area contributed by atoms with Crippen LogP contribution in [0.4, 0.5) is 9.39 Å². The number of hydrogen-bond acceptors (Lipinski definition) is 5. The molecule has 0 aliphatic heterocycles. The van der Waals surface area contributed by atoms with Gasteiger partial charge in [0.05, 0.1) is 5.02 Å². The lowest BCUT2D eigenvalue weighted by Gasteiger charge is -2.06. The number of nitrogens with zero attached hydrogens (tertiary/aromatic N) is 2. The van der Waals surface area contributed by atoms with E-state index in [0.717, 1.165) is 5.00 Å². The van der Waals surface area contributed by atoms with Crippen molar-refractivity contribution in [3.63, 3.8) is 0 Å². The van der Waals surface area contributed by atoms with Gasteiger partial charge in [-0.15, -0.1) is 5.10 Å². The minimum atomic E-state index is -0.566. The second-order valence-electron chi connectivity index (χ2n) is 3.14. The summed E-state index contributed by atoms with van der Waals surface area (Å²) in [6.07, 6.45) is 0. The second kappa shape index (κ2) is 5.29. The highest BCUT2D eigenvalue weighted by molar-refractivity contribution is 7.10. The standard InChI is InChI=1S/C10H9ClFN3OS/c1-13-10-7(14-15-17-10)5-16-8-4-2-3-6(11)9(8)12/h2-4,13H,5H2,1H3. The molecule has 0 aliphatic rings. The summed E-state index contributed by atoms with van der Waals surface area (Å²) in [5.74, 6) is -0.462. The van der Waals surface area contributed by atoms with Crippen LogP contribution in [0.1, 0.15) is 5.69 Å². The van der Waals surface area contributed by atoms with Crippen molar-refractivity contribution < 1.29 is 9.13 Å². The molecule has 0 atom stereocenters. The summed E-state index contributed by atoms with van der Waals surface area (Å²) in [5.41, 5.74) is 0.636. The first-order valence-electron chi connectivity index (χ1n) is 4.78. The zero-order valence-electron chi connectivity index (χ0n) is 8.91. The van der Waals surface area contributed by atoms with E-state index in [-0.39, 0.29) is 17.4 Å². The Bertz CT molecular complexity index is 520. The average Bonchev–Trinajstić information content (AvgIpc) is 2.78. The Morgan fingerprint density at radius 2 is 2.35 bits per heavy atom. The number of anilines is 1. The van der Waals surface area contributed by atoms with E-state index < -0.39 is 5.82 Å². The van der Waals surface area contributed by atoms with Crippen LogP contribution in [0.25, 0.3) is 0 Å². The van der Waals surface area contributed by atoms with Gasteiger partial charge < -0.3 is 10.1 Å². The predicted molar refractivity (Wildman–Crippen MR) is 65.2 cm³/mol. The maximum Gasteiger partial charge on any atom is 0.183 e. The maximum absolute atomic E-state index is 13.5. The molecule has 2 aromatic rings. The fraction of sp³-hybridized carbons (Fsp3) is 0.200. The van der Waals surface area contributed by atoms with Crippen LogP contribution in [0.5, 0.6) is 5.75 Å². The molecule has 0 unspecified atom stereocenters. The van der Waals surface area contributed by atoms with Crippen LogP contribution in [-0.4, -0.2) is 16.6 Å². The smallest absolute Gasteiger partial charge is 0.183 e. The van der Waals surface area contributed by atoms with Gasteiger partial charge in [0.2, 0.25) is 0 Å². The number of benzene rings is 1. The molecule has 17 heavy (non-hydrogen) atoms. The predicted octanol–water partition coefficient (Wildman–Crippen LogP) is 2.95. The largest absolute Gasteiger partial charge is 0.484 e. The van der Waals surface area contributed by atoms with Crippen molar-refractivity contribution >= 4 is 28.1 Å². The fourth-order valence-electron chi connectivity index (χ4n) is 1.23. The molecule has 0 saturated carbocycles. The normalized spacial score (nSPS) is 10.3. The third kappa shape index (κ3) is 2.65. The van der Waals surface area contributed by atoms with Gasteiger partial charge in [0.1, 0.15) is 17.3 Å². The summed E-state index contributed by atoms with van der Waals surface area (Å²) in [5, 5.41) is 7.64. The minimum absolute atomic E-state index is 0.0349. The van der Waals surface area contributed by atoms with Gasteiger partial charge in [-0.25, -0.2) is 4.39 Å². The molecule has 0 radical (unpaired) electrons. The molecule has 90 valence electrons. The van der Waals surface area contributed by atoms with Crippen molar-refractivity contribution in [2.24, 2.45) is 0 Å². The van der Waals surface area contributed by atoms with Crippen molar-refractivity contribution in [1.82, 2.24) is 9.59 Å². The number of aromatic nitrogens is 2. The third-order valence-electron chi connectivity index (χ3n) is 2.06. The van der Waals surface area contributed by atoms with E-state index in [2.05, 4.69) is 14.9 Å². The highest BCUT2D eigenvalue weighted by atomic mass is 35.5. The molecule has 0 saturated heterocycles. The Balaban J connectivity index is 2.10. The molecule has 4 nitrogen and oxygen atoms in total. The Hall–Kier alpha value is -1.40. The number of rotatable bonds is 4. The van der Waals surface area contributed by atoms with Gasteiger partial charge in [-0.05, 0) is 12.1 Å². The van der Waals surface area contributed by atoms with Gasteiger partial charge in [0, 0.05) is 18.6 Å². The van der Waals surface area contributed by atoms with E-state index in [9.17, 15) is 4.39 Å². The Kier molecular flexibility index (Phi) is 3.75. The lowest BCUT2D eigenvalue weighted by Crippen LogP contribution is -2.01. The first-order valence-corrected chi connectivity index (χ1v) is 5.93. The van der Waals surface area contributed by atoms with Gasteiger partial charge in [0.15, 0.2) is 11.6 Å². The van der Waals surface area contributed by atoms with Crippen LogP contribution >= 0.6 is 23.1 Å². The third-order valence-corrected chi connectivity index (χ3v) is 3.14. The van der Waals surface area contributed by atoms with E-state index in [4.69, 9.17) is 16.3 Å². The summed E-state index contributed by atoms with van der Waals surface area (Å²) in [7, 11) is 1.76.